The third kappa shape index (κ3) is 13.9. The lowest BCUT2D eigenvalue weighted by Gasteiger charge is -2.18. The molecule has 0 aliphatic rings. The number of aliphatic carboxylic acids is 2. The molecular formula is C8H17NO4S3. The molecule has 0 rings (SSSR count). The zero-order valence-corrected chi connectivity index (χ0v) is 11.4. The Bertz CT molecular complexity index is 177. The number of hydrogen-bond acceptors (Lipinski definition) is 6. The predicted octanol–water partition coefficient (Wildman–Crippen LogP) is 0.233. The SMILES string of the molecule is O=C(O)C(=O)O.SCCN(CCS)CCS. The van der Waals surface area contributed by atoms with Crippen LogP contribution in [0.3, 0.4) is 0 Å². The maximum atomic E-state index is 9.10. The predicted molar refractivity (Wildman–Crippen MR) is 73.3 cm³/mol. The van der Waals surface area contributed by atoms with Crippen LogP contribution in [0.4, 0.5) is 0 Å². The van der Waals surface area contributed by atoms with Gasteiger partial charge in [-0.1, -0.05) is 0 Å². The van der Waals surface area contributed by atoms with Crippen molar-refractivity contribution in [3.63, 3.8) is 0 Å². The van der Waals surface area contributed by atoms with E-state index in [0.29, 0.717) is 0 Å². The molecule has 5 nitrogen and oxygen atoms in total. The molecule has 0 spiro atoms. The number of nitrogens with zero attached hydrogens (tertiary/aromatic N) is 1. The van der Waals surface area contributed by atoms with Crippen LogP contribution in [-0.4, -0.2) is 63.9 Å². The van der Waals surface area contributed by atoms with Gasteiger partial charge < -0.3 is 15.1 Å². The molecule has 0 bridgehead atoms. The van der Waals surface area contributed by atoms with Crippen LogP contribution >= 0.6 is 37.9 Å². The van der Waals surface area contributed by atoms with Gasteiger partial charge in [0.25, 0.3) is 0 Å². The van der Waals surface area contributed by atoms with E-state index in [0.717, 1.165) is 36.9 Å². The largest absolute Gasteiger partial charge is 0.473 e. The van der Waals surface area contributed by atoms with Crippen LogP contribution in [0.5, 0.6) is 0 Å². The molecule has 0 saturated heterocycles. The topological polar surface area (TPSA) is 77.8 Å². The molecule has 0 aliphatic heterocycles. The second-order valence-corrected chi connectivity index (χ2v) is 3.96. The Morgan fingerprint density at radius 2 is 1.06 bits per heavy atom. The van der Waals surface area contributed by atoms with Gasteiger partial charge in [0.2, 0.25) is 0 Å². The van der Waals surface area contributed by atoms with Crippen LogP contribution in [0, 0.1) is 0 Å². The minimum absolute atomic E-state index is 0.918. The van der Waals surface area contributed by atoms with Crippen molar-refractivity contribution < 1.29 is 19.8 Å². The van der Waals surface area contributed by atoms with E-state index in [1.165, 1.54) is 0 Å². The molecule has 2 N–H and O–H groups in total. The highest BCUT2D eigenvalue weighted by Crippen LogP contribution is 1.91. The highest BCUT2D eigenvalue weighted by molar-refractivity contribution is 7.80. The fourth-order valence-corrected chi connectivity index (χ4v) is 1.61. The number of rotatable bonds is 6. The van der Waals surface area contributed by atoms with E-state index in [-0.39, 0.29) is 0 Å². The summed E-state index contributed by atoms with van der Waals surface area (Å²) >= 11 is 12.5. The second-order valence-electron chi connectivity index (χ2n) is 2.62. The van der Waals surface area contributed by atoms with Crippen LogP contribution in [0.15, 0.2) is 0 Å². The first-order valence-corrected chi connectivity index (χ1v) is 6.40. The summed E-state index contributed by atoms with van der Waals surface area (Å²) in [5, 5.41) is 14.8. The van der Waals surface area contributed by atoms with Gasteiger partial charge in [-0.3, -0.25) is 0 Å². The zero-order chi connectivity index (χ0) is 13.0. The Morgan fingerprint density at radius 3 is 1.19 bits per heavy atom. The quantitative estimate of drug-likeness (QED) is 0.357. The molecule has 8 heteroatoms. The molecule has 0 radical (unpaired) electrons. The van der Waals surface area contributed by atoms with Crippen molar-refractivity contribution in [3.8, 4) is 0 Å². The van der Waals surface area contributed by atoms with E-state index in [1.807, 2.05) is 0 Å². The lowest BCUT2D eigenvalue weighted by molar-refractivity contribution is -0.159. The van der Waals surface area contributed by atoms with Crippen molar-refractivity contribution in [1.29, 1.82) is 0 Å². The van der Waals surface area contributed by atoms with Gasteiger partial charge in [0.05, 0.1) is 0 Å². The van der Waals surface area contributed by atoms with E-state index >= 15 is 0 Å². The van der Waals surface area contributed by atoms with Crippen molar-refractivity contribution in [2.24, 2.45) is 0 Å². The van der Waals surface area contributed by atoms with E-state index in [1.54, 1.807) is 0 Å². The molecule has 16 heavy (non-hydrogen) atoms. The summed E-state index contributed by atoms with van der Waals surface area (Å²) in [5.74, 6) is -0.894. The third-order valence-corrected chi connectivity index (χ3v) is 2.03. The fraction of sp³-hybridized carbons (Fsp3) is 0.750. The summed E-state index contributed by atoms with van der Waals surface area (Å²) in [5.41, 5.74) is 0. The van der Waals surface area contributed by atoms with Crippen LogP contribution in [0.2, 0.25) is 0 Å². The zero-order valence-electron chi connectivity index (χ0n) is 8.74. The van der Waals surface area contributed by atoms with Crippen molar-refractivity contribution in [2.45, 2.75) is 0 Å². The van der Waals surface area contributed by atoms with Gasteiger partial charge in [-0.15, -0.1) is 0 Å². The highest BCUT2D eigenvalue weighted by Gasteiger charge is 2.04. The van der Waals surface area contributed by atoms with Crippen LogP contribution in [-0.2, 0) is 9.59 Å². The number of carbonyl (C=O) groups is 2. The van der Waals surface area contributed by atoms with Crippen molar-refractivity contribution in [2.75, 3.05) is 36.9 Å². The summed E-state index contributed by atoms with van der Waals surface area (Å²) in [6, 6.07) is 0. The second kappa shape index (κ2) is 13.0. The smallest absolute Gasteiger partial charge is 0.414 e. The molecule has 0 heterocycles. The molecule has 0 fully saturated rings. The normalized spacial score (nSPS) is 9.50. The maximum absolute atomic E-state index is 9.10. The first-order valence-electron chi connectivity index (χ1n) is 4.50. The molecule has 0 unspecified atom stereocenters. The third-order valence-electron chi connectivity index (χ3n) is 1.43. The summed E-state index contributed by atoms with van der Waals surface area (Å²) in [6.45, 7) is 3.14. The van der Waals surface area contributed by atoms with E-state index in [9.17, 15) is 0 Å². The number of hydrogen-bond donors (Lipinski definition) is 5. The van der Waals surface area contributed by atoms with Gasteiger partial charge >= 0.3 is 11.9 Å². The van der Waals surface area contributed by atoms with Crippen LogP contribution < -0.4 is 0 Å². The summed E-state index contributed by atoms with van der Waals surface area (Å²) in [4.78, 5) is 20.5. The molecule has 0 amide bonds. The van der Waals surface area contributed by atoms with Crippen molar-refractivity contribution in [1.82, 2.24) is 4.90 Å². The lowest BCUT2D eigenvalue weighted by Crippen LogP contribution is -2.29. The van der Waals surface area contributed by atoms with Gasteiger partial charge in [0.15, 0.2) is 0 Å². The molecule has 0 aromatic heterocycles. The average Bonchev–Trinajstić information content (AvgIpc) is 2.19. The number of carboxylic acids is 2. The van der Waals surface area contributed by atoms with Gasteiger partial charge in [0, 0.05) is 36.9 Å². The van der Waals surface area contributed by atoms with E-state index in [4.69, 9.17) is 19.8 Å². The van der Waals surface area contributed by atoms with E-state index in [2.05, 4.69) is 42.8 Å². The summed E-state index contributed by atoms with van der Waals surface area (Å²) in [7, 11) is 0. The highest BCUT2D eigenvalue weighted by atomic mass is 32.1. The van der Waals surface area contributed by atoms with Crippen LogP contribution in [0.1, 0.15) is 0 Å². The molecule has 0 saturated carbocycles. The number of thiol groups is 3. The maximum Gasteiger partial charge on any atom is 0.414 e. The summed E-state index contributed by atoms with van der Waals surface area (Å²) < 4.78 is 0. The van der Waals surface area contributed by atoms with Crippen molar-refractivity contribution in [3.05, 3.63) is 0 Å². The van der Waals surface area contributed by atoms with Crippen LogP contribution in [0.25, 0.3) is 0 Å². The minimum Gasteiger partial charge on any atom is -0.473 e. The Balaban J connectivity index is 0. The molecule has 0 atom stereocenters. The van der Waals surface area contributed by atoms with Gasteiger partial charge in [-0.05, 0) is 0 Å². The standard InChI is InChI=1S/C6H15NS3.C2H2O4/c8-4-1-7(2-5-9)3-6-10;3-1(4)2(5)6/h8-10H,1-6H2;(H,3,4)(H,5,6). The first kappa shape index (κ1) is 18.3. The molecule has 0 aliphatic carbocycles. The van der Waals surface area contributed by atoms with Gasteiger partial charge in [-0.25, -0.2) is 9.59 Å². The van der Waals surface area contributed by atoms with Gasteiger partial charge in [0.1, 0.15) is 0 Å². The monoisotopic (exact) mass is 287 g/mol. The Kier molecular flexibility index (Phi) is 14.9. The molecule has 0 aromatic carbocycles. The first-order chi connectivity index (χ1) is 7.49. The minimum atomic E-state index is -1.82. The molecule has 96 valence electrons. The van der Waals surface area contributed by atoms with E-state index < -0.39 is 11.9 Å². The molecule has 0 aromatic rings. The Hall–Kier alpha value is -0.0500. The Morgan fingerprint density at radius 1 is 0.812 bits per heavy atom. The molecular weight excluding hydrogens is 270 g/mol. The summed E-state index contributed by atoms with van der Waals surface area (Å²) in [6.07, 6.45) is 0. The Labute approximate surface area is 111 Å². The fourth-order valence-electron chi connectivity index (χ4n) is 0.760. The number of carboxylic acid groups (broad SMARTS) is 2. The van der Waals surface area contributed by atoms with Crippen molar-refractivity contribution >= 4 is 49.8 Å². The lowest BCUT2D eigenvalue weighted by atomic mass is 10.5. The van der Waals surface area contributed by atoms with Gasteiger partial charge in [-0.2, -0.15) is 37.9 Å². The average molecular weight is 287 g/mol.